The highest BCUT2D eigenvalue weighted by Crippen LogP contribution is 2.30. The topological polar surface area (TPSA) is 71.1 Å². The number of carbonyl (C=O) groups excluding carboxylic acids is 2. The van der Waals surface area contributed by atoms with E-state index in [0.717, 1.165) is 106 Å². The summed E-state index contributed by atoms with van der Waals surface area (Å²) in [5, 5.41) is 2.28. The van der Waals surface area contributed by atoms with Crippen LogP contribution in [0.4, 0.5) is 0 Å². The summed E-state index contributed by atoms with van der Waals surface area (Å²) in [4.78, 5) is 40.7. The van der Waals surface area contributed by atoms with Gasteiger partial charge in [-0.1, -0.05) is 43.2 Å². The van der Waals surface area contributed by atoms with E-state index in [1.165, 1.54) is 61.4 Å². The molecule has 54 heavy (non-hydrogen) atoms. The number of aromatic nitrogens is 2. The molecular formula is C45H55N7O2. The van der Waals surface area contributed by atoms with Gasteiger partial charge >= 0.3 is 0 Å². The number of nitrogens with one attached hydrogen (secondary N) is 1. The SMILES string of the molecule is O=C(c1ccc2[nH]ccc2c1)N1CCN(C2CCC2)CC1.O=C(c1ccc2c(ccn2C2CCN(Cc3ccccc3)C2)c1)N1CCN(C2CCC2)CC1. The van der Waals surface area contributed by atoms with Crippen molar-refractivity contribution in [1.82, 2.24) is 34.1 Å². The van der Waals surface area contributed by atoms with Crippen molar-refractivity contribution < 1.29 is 9.59 Å². The molecule has 1 atom stereocenters. The lowest BCUT2D eigenvalue weighted by molar-refractivity contribution is 0.0452. The molecule has 5 aliphatic rings. The third kappa shape index (κ3) is 7.46. The summed E-state index contributed by atoms with van der Waals surface area (Å²) in [6.45, 7) is 10.8. The minimum absolute atomic E-state index is 0.173. The normalized spacial score (nSPS) is 21.9. The molecule has 0 radical (unpaired) electrons. The van der Waals surface area contributed by atoms with E-state index >= 15 is 0 Å². The van der Waals surface area contributed by atoms with Crippen LogP contribution in [0.2, 0.25) is 0 Å². The number of rotatable bonds is 7. The molecule has 2 amide bonds. The summed E-state index contributed by atoms with van der Waals surface area (Å²) in [5.41, 5.74) is 5.34. The lowest BCUT2D eigenvalue weighted by Crippen LogP contribution is -2.53. The molecular weight excluding hydrogens is 671 g/mol. The zero-order valence-electron chi connectivity index (χ0n) is 31.6. The molecule has 5 aromatic rings. The second-order valence-electron chi connectivity index (χ2n) is 16.3. The number of fused-ring (bicyclic) bond motifs is 2. The van der Waals surface area contributed by atoms with Crippen molar-refractivity contribution >= 4 is 33.6 Å². The first-order chi connectivity index (χ1) is 26.6. The number of carbonyl (C=O) groups is 2. The van der Waals surface area contributed by atoms with Gasteiger partial charge in [-0.3, -0.25) is 24.3 Å². The predicted molar refractivity (Wildman–Crippen MR) is 216 cm³/mol. The Hall–Kier alpha value is -4.44. The van der Waals surface area contributed by atoms with Gasteiger partial charge < -0.3 is 19.4 Å². The van der Waals surface area contributed by atoms with Crippen LogP contribution in [0.15, 0.2) is 91.3 Å². The first-order valence-corrected chi connectivity index (χ1v) is 20.6. The average Bonchev–Trinajstić information content (AvgIpc) is 3.94. The zero-order valence-corrected chi connectivity index (χ0v) is 31.6. The predicted octanol–water partition coefficient (Wildman–Crippen LogP) is 6.88. The van der Waals surface area contributed by atoms with E-state index in [4.69, 9.17) is 0 Å². The van der Waals surface area contributed by atoms with Crippen LogP contribution in [-0.2, 0) is 6.54 Å². The lowest BCUT2D eigenvalue weighted by Gasteiger charge is -2.42. The number of H-pyrrole nitrogens is 1. The molecule has 3 aliphatic heterocycles. The van der Waals surface area contributed by atoms with Gasteiger partial charge in [0, 0.05) is 135 Å². The molecule has 0 bridgehead atoms. The molecule has 2 saturated carbocycles. The molecule has 5 fully saturated rings. The highest BCUT2D eigenvalue weighted by atomic mass is 16.2. The van der Waals surface area contributed by atoms with E-state index in [0.29, 0.717) is 6.04 Å². The first-order valence-electron chi connectivity index (χ1n) is 20.6. The number of amides is 2. The van der Waals surface area contributed by atoms with Gasteiger partial charge in [-0.05, 0) is 86.2 Å². The van der Waals surface area contributed by atoms with Gasteiger partial charge in [-0.25, -0.2) is 0 Å². The smallest absolute Gasteiger partial charge is 0.253 e. The van der Waals surface area contributed by atoms with Crippen LogP contribution < -0.4 is 0 Å². The van der Waals surface area contributed by atoms with Gasteiger partial charge in [0.15, 0.2) is 0 Å². The Morgan fingerprint density at radius 3 is 1.81 bits per heavy atom. The third-order valence-corrected chi connectivity index (χ3v) is 13.0. The largest absolute Gasteiger partial charge is 0.361 e. The second kappa shape index (κ2) is 15.7. The molecule has 5 heterocycles. The monoisotopic (exact) mass is 725 g/mol. The Morgan fingerprint density at radius 1 is 0.593 bits per heavy atom. The van der Waals surface area contributed by atoms with Gasteiger partial charge in [-0.15, -0.1) is 0 Å². The summed E-state index contributed by atoms with van der Waals surface area (Å²) < 4.78 is 2.42. The number of nitrogens with zero attached hydrogens (tertiary/aromatic N) is 6. The van der Waals surface area contributed by atoms with Crippen LogP contribution in [0.25, 0.3) is 21.8 Å². The van der Waals surface area contributed by atoms with Gasteiger partial charge in [-0.2, -0.15) is 0 Å². The van der Waals surface area contributed by atoms with Gasteiger partial charge in [0.05, 0.1) is 0 Å². The second-order valence-corrected chi connectivity index (χ2v) is 16.3. The van der Waals surface area contributed by atoms with E-state index in [1.807, 2.05) is 46.3 Å². The molecule has 9 heteroatoms. The zero-order chi connectivity index (χ0) is 36.4. The molecule has 1 unspecified atom stereocenters. The van der Waals surface area contributed by atoms with E-state index in [2.05, 4.69) is 79.0 Å². The quantitative estimate of drug-likeness (QED) is 0.198. The molecule has 10 rings (SSSR count). The van der Waals surface area contributed by atoms with Crippen molar-refractivity contribution in [2.75, 3.05) is 65.4 Å². The minimum Gasteiger partial charge on any atom is -0.361 e. The molecule has 282 valence electrons. The number of likely N-dealkylation sites (tertiary alicyclic amines) is 1. The molecule has 1 N–H and O–H groups in total. The maximum Gasteiger partial charge on any atom is 0.253 e. The molecule has 9 nitrogen and oxygen atoms in total. The Balaban J connectivity index is 0.000000157. The van der Waals surface area contributed by atoms with Crippen LogP contribution in [0.3, 0.4) is 0 Å². The summed E-state index contributed by atoms with van der Waals surface area (Å²) in [6, 6.07) is 29.2. The van der Waals surface area contributed by atoms with Gasteiger partial charge in [0.2, 0.25) is 0 Å². The summed E-state index contributed by atoms with van der Waals surface area (Å²) >= 11 is 0. The van der Waals surface area contributed by atoms with Crippen LogP contribution in [0.5, 0.6) is 0 Å². The fourth-order valence-corrected chi connectivity index (χ4v) is 9.28. The number of hydrogen-bond acceptors (Lipinski definition) is 5. The van der Waals surface area contributed by atoms with Gasteiger partial charge in [0.25, 0.3) is 11.8 Å². The summed E-state index contributed by atoms with van der Waals surface area (Å²) in [7, 11) is 0. The fourth-order valence-electron chi connectivity index (χ4n) is 9.28. The molecule has 2 aliphatic carbocycles. The van der Waals surface area contributed by atoms with Crippen LogP contribution in [-0.4, -0.2) is 123 Å². The Kier molecular flexibility index (Phi) is 10.3. The molecule has 0 spiro atoms. The van der Waals surface area contributed by atoms with Crippen LogP contribution in [0, 0.1) is 0 Å². The van der Waals surface area contributed by atoms with Crippen molar-refractivity contribution in [3.8, 4) is 0 Å². The van der Waals surface area contributed by atoms with Crippen molar-refractivity contribution in [1.29, 1.82) is 0 Å². The number of benzene rings is 3. The number of aromatic amines is 1. The molecule has 3 aromatic carbocycles. The Morgan fingerprint density at radius 2 is 1.20 bits per heavy atom. The Labute approximate surface area is 319 Å². The number of piperazine rings is 2. The first kappa shape index (κ1) is 35.3. The highest BCUT2D eigenvalue weighted by Gasteiger charge is 2.31. The van der Waals surface area contributed by atoms with Crippen LogP contribution in [0.1, 0.15) is 77.3 Å². The minimum atomic E-state index is 0.173. The maximum atomic E-state index is 13.2. The lowest BCUT2D eigenvalue weighted by atomic mass is 9.91. The number of hydrogen-bond donors (Lipinski definition) is 1. The summed E-state index contributed by atoms with van der Waals surface area (Å²) in [6.07, 6.45) is 13.4. The van der Waals surface area contributed by atoms with Crippen molar-refractivity contribution in [2.24, 2.45) is 0 Å². The molecule has 3 saturated heterocycles. The van der Waals surface area contributed by atoms with E-state index in [9.17, 15) is 9.59 Å². The van der Waals surface area contributed by atoms with E-state index < -0.39 is 0 Å². The van der Waals surface area contributed by atoms with Crippen molar-refractivity contribution in [3.63, 3.8) is 0 Å². The van der Waals surface area contributed by atoms with Crippen LogP contribution >= 0.6 is 0 Å². The highest BCUT2D eigenvalue weighted by molar-refractivity contribution is 5.99. The molecule has 2 aromatic heterocycles. The third-order valence-electron chi connectivity index (χ3n) is 13.0. The van der Waals surface area contributed by atoms with E-state index in [1.54, 1.807) is 0 Å². The maximum absolute atomic E-state index is 13.2. The fraction of sp³-hybridized carbons (Fsp3) is 0.467. The summed E-state index contributed by atoms with van der Waals surface area (Å²) in [5.74, 6) is 0.360. The van der Waals surface area contributed by atoms with Gasteiger partial charge in [0.1, 0.15) is 0 Å². The van der Waals surface area contributed by atoms with E-state index in [-0.39, 0.29) is 11.8 Å². The Bertz CT molecular complexity index is 2050. The standard InChI is InChI=1S/C28H34N4O.C17H21N3O/c33-28(31-17-15-30(16-18-31)25-7-4-8-25)24-9-10-27-23(19-24)11-14-32(27)26-12-13-29(21-26)20-22-5-2-1-3-6-22;21-17(14-4-5-16-13(12-14)6-7-18-16)20-10-8-19(9-11-20)15-2-1-3-15/h1-3,5-6,9-11,14,19,25-26H,4,7-8,12-13,15-18,20-21H2;4-7,12,15,18H,1-3,8-11H2. The van der Waals surface area contributed by atoms with Crippen molar-refractivity contribution in [2.45, 2.75) is 69.6 Å². The van der Waals surface area contributed by atoms with Crippen molar-refractivity contribution in [3.05, 3.63) is 108 Å². The average molecular weight is 726 g/mol.